The van der Waals surface area contributed by atoms with E-state index in [1.54, 1.807) is 19.1 Å². The first-order valence-electron chi connectivity index (χ1n) is 3.70. The van der Waals surface area contributed by atoms with E-state index >= 15 is 0 Å². The van der Waals surface area contributed by atoms with Crippen molar-refractivity contribution in [1.29, 1.82) is 0 Å². The fraction of sp³-hybridized carbons (Fsp3) is 0.333. The van der Waals surface area contributed by atoms with Crippen LogP contribution in [0.4, 0.5) is 4.39 Å². The standard InChI is InChI=1S/C9H11FO2/c1-6-3-2-4-7(9(6)10)8(12)5-11/h2-4,8,11-12H,5H2,1H3. The van der Waals surface area contributed by atoms with Gasteiger partial charge in [0, 0.05) is 5.56 Å². The van der Waals surface area contributed by atoms with Gasteiger partial charge in [0.05, 0.1) is 6.61 Å². The van der Waals surface area contributed by atoms with Gasteiger partial charge in [-0.1, -0.05) is 18.2 Å². The molecule has 1 aromatic carbocycles. The Hall–Kier alpha value is -0.930. The van der Waals surface area contributed by atoms with Crippen molar-refractivity contribution in [3.8, 4) is 0 Å². The van der Waals surface area contributed by atoms with Crippen molar-refractivity contribution in [2.24, 2.45) is 0 Å². The summed E-state index contributed by atoms with van der Waals surface area (Å²) in [4.78, 5) is 0. The highest BCUT2D eigenvalue weighted by Crippen LogP contribution is 2.18. The molecule has 0 aliphatic heterocycles. The molecule has 0 bridgehead atoms. The van der Waals surface area contributed by atoms with E-state index in [-0.39, 0.29) is 5.56 Å². The molecule has 1 atom stereocenters. The normalized spacial score (nSPS) is 13.0. The fourth-order valence-electron chi connectivity index (χ4n) is 1.03. The molecule has 1 unspecified atom stereocenters. The fourth-order valence-corrected chi connectivity index (χ4v) is 1.03. The Kier molecular flexibility index (Phi) is 2.78. The number of halogens is 1. The van der Waals surface area contributed by atoms with E-state index in [9.17, 15) is 4.39 Å². The molecule has 2 N–H and O–H groups in total. The average molecular weight is 170 g/mol. The molecular weight excluding hydrogens is 159 g/mol. The first-order valence-corrected chi connectivity index (χ1v) is 3.70. The number of aryl methyl sites for hydroxylation is 1. The highest BCUT2D eigenvalue weighted by atomic mass is 19.1. The van der Waals surface area contributed by atoms with Crippen LogP contribution in [0.5, 0.6) is 0 Å². The van der Waals surface area contributed by atoms with Gasteiger partial charge in [0.25, 0.3) is 0 Å². The van der Waals surface area contributed by atoms with E-state index in [0.717, 1.165) is 0 Å². The second-order valence-electron chi connectivity index (χ2n) is 2.68. The largest absolute Gasteiger partial charge is 0.393 e. The van der Waals surface area contributed by atoms with Crippen molar-refractivity contribution >= 4 is 0 Å². The number of hydrogen-bond acceptors (Lipinski definition) is 2. The molecule has 66 valence electrons. The second kappa shape index (κ2) is 3.65. The third-order valence-electron chi connectivity index (χ3n) is 1.75. The third kappa shape index (κ3) is 1.62. The molecule has 0 fully saturated rings. The lowest BCUT2D eigenvalue weighted by Gasteiger charge is -2.09. The summed E-state index contributed by atoms with van der Waals surface area (Å²) in [5.41, 5.74) is 0.623. The van der Waals surface area contributed by atoms with Crippen LogP contribution in [0.15, 0.2) is 18.2 Å². The number of benzene rings is 1. The summed E-state index contributed by atoms with van der Waals surface area (Å²) < 4.78 is 13.2. The molecule has 1 aromatic rings. The summed E-state index contributed by atoms with van der Waals surface area (Å²) in [6, 6.07) is 4.72. The van der Waals surface area contributed by atoms with E-state index in [1.807, 2.05) is 0 Å². The van der Waals surface area contributed by atoms with Crippen molar-refractivity contribution in [2.75, 3.05) is 6.61 Å². The van der Waals surface area contributed by atoms with Gasteiger partial charge < -0.3 is 10.2 Å². The van der Waals surface area contributed by atoms with Gasteiger partial charge in [-0.3, -0.25) is 0 Å². The summed E-state index contributed by atoms with van der Waals surface area (Å²) in [6.07, 6.45) is -1.12. The first kappa shape index (κ1) is 9.16. The smallest absolute Gasteiger partial charge is 0.131 e. The summed E-state index contributed by atoms with van der Waals surface area (Å²) in [5.74, 6) is -0.445. The molecule has 0 spiro atoms. The molecule has 0 radical (unpaired) electrons. The molecule has 2 nitrogen and oxygen atoms in total. The molecule has 12 heavy (non-hydrogen) atoms. The summed E-state index contributed by atoms with van der Waals surface area (Å²) in [6.45, 7) is 1.16. The summed E-state index contributed by atoms with van der Waals surface area (Å²) >= 11 is 0. The molecule has 0 amide bonds. The van der Waals surface area contributed by atoms with Crippen molar-refractivity contribution in [1.82, 2.24) is 0 Å². The van der Waals surface area contributed by atoms with E-state index in [4.69, 9.17) is 10.2 Å². The maximum atomic E-state index is 13.2. The Balaban J connectivity index is 3.07. The van der Waals surface area contributed by atoms with Crippen molar-refractivity contribution in [3.05, 3.63) is 35.1 Å². The van der Waals surface area contributed by atoms with Gasteiger partial charge in [-0.2, -0.15) is 0 Å². The summed E-state index contributed by atoms with van der Waals surface area (Å²) in [7, 11) is 0. The van der Waals surface area contributed by atoms with Crippen molar-refractivity contribution in [3.63, 3.8) is 0 Å². The van der Waals surface area contributed by atoms with Gasteiger partial charge in [0.2, 0.25) is 0 Å². The Labute approximate surface area is 70.3 Å². The van der Waals surface area contributed by atoms with E-state index < -0.39 is 18.5 Å². The molecule has 0 aliphatic rings. The highest BCUT2D eigenvalue weighted by Gasteiger charge is 2.12. The van der Waals surface area contributed by atoms with Crippen molar-refractivity contribution in [2.45, 2.75) is 13.0 Å². The second-order valence-corrected chi connectivity index (χ2v) is 2.68. The molecule has 0 aliphatic carbocycles. The molecule has 0 aromatic heterocycles. The van der Waals surface area contributed by atoms with E-state index in [2.05, 4.69) is 0 Å². The maximum absolute atomic E-state index is 13.2. The quantitative estimate of drug-likeness (QED) is 0.699. The number of hydrogen-bond donors (Lipinski definition) is 2. The zero-order chi connectivity index (χ0) is 9.14. The minimum atomic E-state index is -1.12. The summed E-state index contributed by atoms with van der Waals surface area (Å²) in [5, 5.41) is 17.7. The molecule has 0 saturated carbocycles. The van der Waals surface area contributed by atoms with Gasteiger partial charge in [-0.15, -0.1) is 0 Å². The first-order chi connectivity index (χ1) is 5.66. The molecule has 0 saturated heterocycles. The predicted molar refractivity (Wildman–Crippen MR) is 43.2 cm³/mol. The Bertz CT molecular complexity index is 273. The minimum Gasteiger partial charge on any atom is -0.393 e. The molecule has 0 heterocycles. The maximum Gasteiger partial charge on any atom is 0.131 e. The van der Waals surface area contributed by atoms with Gasteiger partial charge in [0.1, 0.15) is 11.9 Å². The number of rotatable bonds is 2. The van der Waals surface area contributed by atoms with Crippen LogP contribution in [0, 0.1) is 12.7 Å². The average Bonchev–Trinajstić information content (AvgIpc) is 2.08. The van der Waals surface area contributed by atoms with Gasteiger partial charge in [-0.05, 0) is 12.5 Å². The lowest BCUT2D eigenvalue weighted by Crippen LogP contribution is -2.05. The van der Waals surface area contributed by atoms with E-state index in [1.165, 1.54) is 6.07 Å². The lowest BCUT2D eigenvalue weighted by atomic mass is 10.1. The Morgan fingerprint density at radius 1 is 1.50 bits per heavy atom. The highest BCUT2D eigenvalue weighted by molar-refractivity contribution is 5.26. The SMILES string of the molecule is Cc1cccc(C(O)CO)c1F. The number of aliphatic hydroxyl groups excluding tert-OH is 2. The monoisotopic (exact) mass is 170 g/mol. The van der Waals surface area contributed by atoms with Crippen LogP contribution in [-0.2, 0) is 0 Å². The van der Waals surface area contributed by atoms with Crippen LogP contribution >= 0.6 is 0 Å². The lowest BCUT2D eigenvalue weighted by molar-refractivity contribution is 0.0925. The van der Waals surface area contributed by atoms with Crippen LogP contribution in [0.3, 0.4) is 0 Å². The minimum absolute atomic E-state index is 0.150. The van der Waals surface area contributed by atoms with Gasteiger partial charge in [-0.25, -0.2) is 4.39 Å². The third-order valence-corrected chi connectivity index (χ3v) is 1.75. The predicted octanol–water partition coefficient (Wildman–Crippen LogP) is 1.16. The van der Waals surface area contributed by atoms with Gasteiger partial charge >= 0.3 is 0 Å². The van der Waals surface area contributed by atoms with Crippen molar-refractivity contribution < 1.29 is 14.6 Å². The van der Waals surface area contributed by atoms with Crippen LogP contribution < -0.4 is 0 Å². The van der Waals surface area contributed by atoms with Crippen LogP contribution in [-0.4, -0.2) is 16.8 Å². The van der Waals surface area contributed by atoms with Crippen LogP contribution in [0.2, 0.25) is 0 Å². The molecular formula is C9H11FO2. The van der Waals surface area contributed by atoms with E-state index in [0.29, 0.717) is 5.56 Å². The van der Waals surface area contributed by atoms with Gasteiger partial charge in [0.15, 0.2) is 0 Å². The Morgan fingerprint density at radius 3 is 2.75 bits per heavy atom. The zero-order valence-corrected chi connectivity index (χ0v) is 6.79. The van der Waals surface area contributed by atoms with Crippen LogP contribution in [0.25, 0.3) is 0 Å². The molecule has 1 rings (SSSR count). The van der Waals surface area contributed by atoms with Crippen LogP contribution in [0.1, 0.15) is 17.2 Å². The zero-order valence-electron chi connectivity index (χ0n) is 6.79. The Morgan fingerprint density at radius 2 is 2.17 bits per heavy atom. The topological polar surface area (TPSA) is 40.5 Å². The number of aliphatic hydroxyl groups is 2. The molecule has 3 heteroatoms.